The second-order valence-corrected chi connectivity index (χ2v) is 5.39. The molecule has 0 aliphatic rings. The van der Waals surface area contributed by atoms with Crippen LogP contribution in [0.15, 0.2) is 30.3 Å². The van der Waals surface area contributed by atoms with E-state index in [9.17, 15) is 4.79 Å². The van der Waals surface area contributed by atoms with Gasteiger partial charge < -0.3 is 10.4 Å². The first-order chi connectivity index (χ1) is 7.59. The summed E-state index contributed by atoms with van der Waals surface area (Å²) < 4.78 is 0. The van der Waals surface area contributed by atoms with E-state index in [0.29, 0.717) is 11.0 Å². The van der Waals surface area contributed by atoms with E-state index in [1.807, 2.05) is 30.3 Å². The van der Waals surface area contributed by atoms with Crippen molar-refractivity contribution in [3.63, 3.8) is 0 Å². The Labute approximate surface area is 100 Å². The van der Waals surface area contributed by atoms with Gasteiger partial charge in [-0.3, -0.25) is 0 Å². The second-order valence-electron chi connectivity index (χ2n) is 3.78. The molecule has 0 aliphatic heterocycles. The lowest BCUT2D eigenvalue weighted by Crippen LogP contribution is -2.32. The summed E-state index contributed by atoms with van der Waals surface area (Å²) >= 11 is 1.64. The molecule has 0 radical (unpaired) electrons. The summed E-state index contributed by atoms with van der Waals surface area (Å²) in [5.74, 6) is -0.237. The molecule has 1 aromatic carbocycles. The summed E-state index contributed by atoms with van der Waals surface area (Å²) in [7, 11) is 0. The molecular weight excluding hydrogens is 222 g/mol. The molecule has 0 fully saturated rings. The molecule has 0 spiro atoms. The van der Waals surface area contributed by atoms with Crippen LogP contribution >= 0.6 is 11.8 Å². The predicted molar refractivity (Wildman–Crippen MR) is 69.1 cm³/mol. The number of thioether (sulfide) groups is 1. The van der Waals surface area contributed by atoms with Crippen LogP contribution < -0.4 is 5.32 Å². The van der Waals surface area contributed by atoms with Gasteiger partial charge in [0, 0.05) is 11.4 Å². The van der Waals surface area contributed by atoms with Crippen molar-refractivity contribution in [2.45, 2.75) is 25.1 Å². The Morgan fingerprint density at radius 3 is 2.50 bits per heavy atom. The zero-order valence-corrected chi connectivity index (χ0v) is 10.3. The van der Waals surface area contributed by atoms with Gasteiger partial charge in [-0.05, 0) is 17.4 Å². The van der Waals surface area contributed by atoms with Crippen LogP contribution in [-0.4, -0.2) is 28.1 Å². The number of carboxylic acids is 1. The highest BCUT2D eigenvalue weighted by Gasteiger charge is 2.17. The Balaban J connectivity index is 2.55. The van der Waals surface area contributed by atoms with Gasteiger partial charge in [-0.25, -0.2) is 4.79 Å². The monoisotopic (exact) mass is 239 g/mol. The summed E-state index contributed by atoms with van der Waals surface area (Å²) in [6.07, 6.45) is 0. The highest BCUT2D eigenvalue weighted by Crippen LogP contribution is 2.14. The molecule has 0 heterocycles. The van der Waals surface area contributed by atoms with Crippen molar-refractivity contribution in [3.05, 3.63) is 30.3 Å². The smallest absolute Gasteiger partial charge is 0.326 e. The van der Waals surface area contributed by atoms with Crippen LogP contribution in [0.5, 0.6) is 0 Å². The number of aliphatic carboxylic acids is 1. The topological polar surface area (TPSA) is 49.3 Å². The summed E-state index contributed by atoms with van der Waals surface area (Å²) in [4.78, 5) is 11.0. The Hall–Kier alpha value is -1.16. The molecule has 1 atom stereocenters. The third-order valence-corrected chi connectivity index (χ3v) is 3.20. The van der Waals surface area contributed by atoms with E-state index >= 15 is 0 Å². The molecule has 0 saturated heterocycles. The number of carbonyl (C=O) groups is 1. The fourth-order valence-electron chi connectivity index (χ4n) is 1.20. The van der Waals surface area contributed by atoms with E-state index in [4.69, 9.17) is 5.11 Å². The lowest BCUT2D eigenvalue weighted by molar-refractivity contribution is -0.137. The van der Waals surface area contributed by atoms with Crippen molar-refractivity contribution in [1.29, 1.82) is 0 Å². The van der Waals surface area contributed by atoms with E-state index in [1.165, 1.54) is 0 Å². The van der Waals surface area contributed by atoms with Crippen molar-refractivity contribution >= 4 is 23.4 Å². The number of nitrogens with one attached hydrogen (secondary N) is 1. The van der Waals surface area contributed by atoms with Gasteiger partial charge in [0.25, 0.3) is 0 Å². The van der Waals surface area contributed by atoms with Crippen molar-refractivity contribution in [3.8, 4) is 0 Å². The Bertz CT molecular complexity index is 327. The molecular formula is C12H17NO2S. The molecule has 0 unspecified atom stereocenters. The third-order valence-electron chi connectivity index (χ3n) is 2.01. The Morgan fingerprint density at radius 1 is 1.38 bits per heavy atom. The van der Waals surface area contributed by atoms with Gasteiger partial charge in [0.2, 0.25) is 0 Å². The standard InChI is InChI=1S/C12H17NO2S/c1-9(2)16-8-11(12(14)15)13-10-6-4-3-5-7-10/h3-7,9,11,13H,8H2,1-2H3,(H,14,15)/t11-/m0/s1. The number of carboxylic acid groups (broad SMARTS) is 1. The minimum Gasteiger partial charge on any atom is -0.480 e. The van der Waals surface area contributed by atoms with E-state index in [-0.39, 0.29) is 0 Å². The van der Waals surface area contributed by atoms with Gasteiger partial charge in [0.05, 0.1) is 0 Å². The molecule has 88 valence electrons. The molecule has 1 aromatic rings. The first-order valence-corrected chi connectivity index (χ1v) is 6.30. The largest absolute Gasteiger partial charge is 0.480 e. The maximum Gasteiger partial charge on any atom is 0.326 e. The van der Waals surface area contributed by atoms with Gasteiger partial charge >= 0.3 is 5.97 Å². The number of benzene rings is 1. The normalized spacial score (nSPS) is 12.4. The molecule has 0 amide bonds. The first kappa shape index (κ1) is 12.9. The summed E-state index contributed by atoms with van der Waals surface area (Å²) in [5.41, 5.74) is 0.847. The third kappa shape index (κ3) is 4.57. The fraction of sp³-hybridized carbons (Fsp3) is 0.417. The van der Waals surface area contributed by atoms with Crippen LogP contribution in [0.1, 0.15) is 13.8 Å². The zero-order chi connectivity index (χ0) is 12.0. The fourth-order valence-corrected chi connectivity index (χ4v) is 2.00. The average Bonchev–Trinajstić information content (AvgIpc) is 2.25. The van der Waals surface area contributed by atoms with Gasteiger partial charge in [-0.15, -0.1) is 0 Å². The SMILES string of the molecule is CC(C)SC[C@H](Nc1ccccc1)C(=O)O. The summed E-state index contributed by atoms with van der Waals surface area (Å²) in [6, 6.07) is 8.89. The number of hydrogen-bond acceptors (Lipinski definition) is 3. The number of para-hydroxylation sites is 1. The van der Waals surface area contributed by atoms with Crippen LogP contribution in [0.2, 0.25) is 0 Å². The minimum absolute atomic E-state index is 0.444. The minimum atomic E-state index is -0.808. The van der Waals surface area contributed by atoms with Crippen LogP contribution in [0.3, 0.4) is 0 Å². The average molecular weight is 239 g/mol. The van der Waals surface area contributed by atoms with Crippen LogP contribution in [0.25, 0.3) is 0 Å². The molecule has 4 heteroatoms. The number of anilines is 1. The van der Waals surface area contributed by atoms with Gasteiger partial charge in [-0.1, -0.05) is 32.0 Å². The molecule has 0 saturated carbocycles. The van der Waals surface area contributed by atoms with E-state index in [0.717, 1.165) is 5.69 Å². The highest BCUT2D eigenvalue weighted by atomic mass is 32.2. The molecule has 3 nitrogen and oxygen atoms in total. The Kier molecular flexibility index (Phi) is 5.19. The summed E-state index contributed by atoms with van der Waals surface area (Å²) in [6.45, 7) is 4.12. The quantitative estimate of drug-likeness (QED) is 0.801. The van der Waals surface area contributed by atoms with Crippen LogP contribution in [-0.2, 0) is 4.79 Å². The molecule has 1 rings (SSSR count). The zero-order valence-electron chi connectivity index (χ0n) is 9.51. The lowest BCUT2D eigenvalue weighted by atomic mass is 10.2. The van der Waals surface area contributed by atoms with Crippen LogP contribution in [0, 0.1) is 0 Å². The number of rotatable bonds is 6. The van der Waals surface area contributed by atoms with E-state index in [2.05, 4.69) is 19.2 Å². The lowest BCUT2D eigenvalue weighted by Gasteiger charge is -2.16. The van der Waals surface area contributed by atoms with Gasteiger partial charge in [0.15, 0.2) is 0 Å². The van der Waals surface area contributed by atoms with Gasteiger partial charge in [-0.2, -0.15) is 11.8 Å². The second kappa shape index (κ2) is 6.43. The van der Waals surface area contributed by atoms with Crippen molar-refractivity contribution in [2.75, 3.05) is 11.1 Å². The maximum atomic E-state index is 11.0. The Morgan fingerprint density at radius 2 is 2.00 bits per heavy atom. The van der Waals surface area contributed by atoms with E-state index < -0.39 is 12.0 Å². The van der Waals surface area contributed by atoms with Crippen LogP contribution in [0.4, 0.5) is 5.69 Å². The van der Waals surface area contributed by atoms with Crippen molar-refractivity contribution < 1.29 is 9.90 Å². The highest BCUT2D eigenvalue weighted by molar-refractivity contribution is 7.99. The molecule has 2 N–H and O–H groups in total. The van der Waals surface area contributed by atoms with E-state index in [1.54, 1.807) is 11.8 Å². The number of hydrogen-bond donors (Lipinski definition) is 2. The first-order valence-electron chi connectivity index (χ1n) is 5.25. The van der Waals surface area contributed by atoms with Crippen molar-refractivity contribution in [1.82, 2.24) is 0 Å². The molecule has 16 heavy (non-hydrogen) atoms. The molecule has 0 aliphatic carbocycles. The maximum absolute atomic E-state index is 11.0. The summed E-state index contributed by atoms with van der Waals surface area (Å²) in [5, 5.41) is 12.5. The molecule has 0 bridgehead atoms. The predicted octanol–water partition coefficient (Wildman–Crippen LogP) is 2.69. The van der Waals surface area contributed by atoms with Crippen molar-refractivity contribution in [2.24, 2.45) is 0 Å². The molecule has 0 aromatic heterocycles. The van der Waals surface area contributed by atoms with Gasteiger partial charge in [0.1, 0.15) is 6.04 Å².